The van der Waals surface area contributed by atoms with Gasteiger partial charge in [-0.05, 0) is 49.1 Å². The van der Waals surface area contributed by atoms with E-state index in [9.17, 15) is 19.2 Å². The number of hydrogen-bond acceptors (Lipinski definition) is 6. The number of esters is 1. The largest absolute Gasteiger partial charge is 0.496 e. The molecule has 2 fully saturated rings. The average molecular weight is 439 g/mol. The van der Waals surface area contributed by atoms with Crippen LogP contribution in [0.1, 0.15) is 43.0 Å². The number of carbonyl (C=O) groups is 4. The van der Waals surface area contributed by atoms with E-state index in [1.54, 1.807) is 24.3 Å². The van der Waals surface area contributed by atoms with E-state index in [0.29, 0.717) is 34.9 Å². The number of urea groups is 1. The van der Waals surface area contributed by atoms with Crippen molar-refractivity contribution in [2.24, 2.45) is 5.92 Å². The Bertz CT molecular complexity index is 1090. The lowest BCUT2D eigenvalue weighted by Gasteiger charge is -2.33. The highest BCUT2D eigenvalue weighted by molar-refractivity contribution is 6.09. The number of methoxy groups -OCH3 is 1. The SMILES string of the molecule is COc1ccc(C(=O)OCC(=O)NN2C(=O)NC3(CCC(C)CC3)C2=O)c2ccccc12. The van der Waals surface area contributed by atoms with Crippen molar-refractivity contribution in [2.45, 2.75) is 38.1 Å². The zero-order valence-electron chi connectivity index (χ0n) is 18.0. The van der Waals surface area contributed by atoms with Gasteiger partial charge in [-0.15, -0.1) is 0 Å². The number of hydrogen-bond donors (Lipinski definition) is 2. The van der Waals surface area contributed by atoms with Crippen LogP contribution in [0.5, 0.6) is 5.75 Å². The number of amides is 4. The van der Waals surface area contributed by atoms with Crippen molar-refractivity contribution in [1.29, 1.82) is 0 Å². The molecule has 1 aliphatic heterocycles. The molecule has 2 aliphatic rings. The molecule has 0 aromatic heterocycles. The highest BCUT2D eigenvalue weighted by Gasteiger charge is 2.52. The van der Waals surface area contributed by atoms with Crippen molar-refractivity contribution in [3.63, 3.8) is 0 Å². The Hall–Kier alpha value is -3.62. The Morgan fingerprint density at radius 2 is 1.81 bits per heavy atom. The fraction of sp³-hybridized carbons (Fsp3) is 0.391. The van der Waals surface area contributed by atoms with Gasteiger partial charge in [-0.1, -0.05) is 31.2 Å². The van der Waals surface area contributed by atoms with E-state index in [-0.39, 0.29) is 5.56 Å². The van der Waals surface area contributed by atoms with Crippen molar-refractivity contribution < 1.29 is 28.7 Å². The van der Waals surface area contributed by atoms with Gasteiger partial charge in [0.05, 0.1) is 12.7 Å². The second kappa shape index (κ2) is 8.49. The molecule has 4 amide bonds. The first kappa shape index (κ1) is 21.6. The molecule has 0 radical (unpaired) electrons. The van der Waals surface area contributed by atoms with Crippen LogP contribution in [0.3, 0.4) is 0 Å². The Morgan fingerprint density at radius 1 is 1.12 bits per heavy atom. The maximum atomic E-state index is 12.8. The molecule has 2 N–H and O–H groups in total. The molecule has 2 aromatic rings. The first-order valence-corrected chi connectivity index (χ1v) is 10.5. The molecule has 1 saturated heterocycles. The minimum Gasteiger partial charge on any atom is -0.496 e. The average Bonchev–Trinajstić information content (AvgIpc) is 3.02. The zero-order chi connectivity index (χ0) is 22.9. The van der Waals surface area contributed by atoms with Gasteiger partial charge in [0.2, 0.25) is 0 Å². The molecule has 0 bridgehead atoms. The van der Waals surface area contributed by atoms with Crippen LogP contribution in [0.15, 0.2) is 36.4 Å². The van der Waals surface area contributed by atoms with Gasteiger partial charge in [0.15, 0.2) is 6.61 Å². The number of imide groups is 1. The lowest BCUT2D eigenvalue weighted by Crippen LogP contribution is -2.52. The standard InChI is InChI=1S/C23H25N3O6/c1-14-9-11-23(12-10-14)21(29)26(22(30)24-23)25-19(27)13-32-20(28)17-7-8-18(31-2)16-6-4-3-5-15(16)17/h3-8,14H,9-13H2,1-2H3,(H,24,30)(H,25,27). The van der Waals surface area contributed by atoms with E-state index >= 15 is 0 Å². The van der Waals surface area contributed by atoms with Crippen LogP contribution < -0.4 is 15.5 Å². The maximum absolute atomic E-state index is 12.8. The molecule has 2 aromatic carbocycles. The summed E-state index contributed by atoms with van der Waals surface area (Å²) < 4.78 is 10.5. The highest BCUT2D eigenvalue weighted by Crippen LogP contribution is 2.35. The van der Waals surface area contributed by atoms with Crippen molar-refractivity contribution in [1.82, 2.24) is 15.8 Å². The molecule has 4 rings (SSSR count). The minimum atomic E-state index is -0.963. The monoisotopic (exact) mass is 439 g/mol. The predicted molar refractivity (Wildman–Crippen MR) is 115 cm³/mol. The number of nitrogens with zero attached hydrogens (tertiary/aromatic N) is 1. The summed E-state index contributed by atoms with van der Waals surface area (Å²) in [6, 6.07) is 9.72. The molecule has 0 atom stereocenters. The highest BCUT2D eigenvalue weighted by atomic mass is 16.5. The summed E-state index contributed by atoms with van der Waals surface area (Å²) in [6.07, 6.45) is 2.71. The molecular formula is C23H25N3O6. The quantitative estimate of drug-likeness (QED) is 0.547. The zero-order valence-corrected chi connectivity index (χ0v) is 18.0. The molecule has 0 unspecified atom stereocenters. The van der Waals surface area contributed by atoms with Gasteiger partial charge in [-0.3, -0.25) is 15.0 Å². The number of rotatable bonds is 5. The van der Waals surface area contributed by atoms with Gasteiger partial charge in [0.25, 0.3) is 11.8 Å². The second-order valence-electron chi connectivity index (χ2n) is 8.31. The fourth-order valence-electron chi connectivity index (χ4n) is 4.31. The van der Waals surface area contributed by atoms with E-state index in [1.165, 1.54) is 7.11 Å². The third-order valence-corrected chi connectivity index (χ3v) is 6.18. The van der Waals surface area contributed by atoms with Crippen LogP contribution in [0, 0.1) is 5.92 Å². The van der Waals surface area contributed by atoms with Crippen LogP contribution in [0.2, 0.25) is 0 Å². The number of fused-ring (bicyclic) bond motifs is 1. The van der Waals surface area contributed by atoms with E-state index in [2.05, 4.69) is 17.7 Å². The first-order valence-electron chi connectivity index (χ1n) is 10.5. The van der Waals surface area contributed by atoms with Crippen LogP contribution >= 0.6 is 0 Å². The normalized spacial score (nSPS) is 22.7. The molecule has 1 spiro atoms. The Kier molecular flexibility index (Phi) is 5.73. The van der Waals surface area contributed by atoms with Gasteiger partial charge in [0, 0.05) is 5.39 Å². The van der Waals surface area contributed by atoms with Crippen molar-refractivity contribution in [3.8, 4) is 5.75 Å². The molecule has 168 valence electrons. The minimum absolute atomic E-state index is 0.277. The lowest BCUT2D eigenvalue weighted by atomic mass is 9.77. The van der Waals surface area contributed by atoms with E-state index < -0.39 is 36.0 Å². The predicted octanol–water partition coefficient (Wildman–Crippen LogP) is 2.54. The number of ether oxygens (including phenoxy) is 2. The van der Waals surface area contributed by atoms with Gasteiger partial charge < -0.3 is 14.8 Å². The molecule has 9 heteroatoms. The molecule has 32 heavy (non-hydrogen) atoms. The number of carbonyl (C=O) groups excluding carboxylic acids is 4. The van der Waals surface area contributed by atoms with Crippen LogP contribution in [0.4, 0.5) is 4.79 Å². The third kappa shape index (κ3) is 3.86. The van der Waals surface area contributed by atoms with Gasteiger partial charge in [-0.2, -0.15) is 5.01 Å². The second-order valence-corrected chi connectivity index (χ2v) is 8.31. The van der Waals surface area contributed by atoms with Crippen molar-refractivity contribution >= 4 is 34.6 Å². The molecule has 1 aliphatic carbocycles. The van der Waals surface area contributed by atoms with E-state index in [0.717, 1.165) is 18.2 Å². The summed E-state index contributed by atoms with van der Waals surface area (Å²) in [7, 11) is 1.54. The summed E-state index contributed by atoms with van der Waals surface area (Å²) in [5.41, 5.74) is 1.57. The Balaban J connectivity index is 1.39. The fourth-order valence-corrected chi connectivity index (χ4v) is 4.31. The van der Waals surface area contributed by atoms with Crippen molar-refractivity contribution in [3.05, 3.63) is 42.0 Å². The summed E-state index contributed by atoms with van der Waals surface area (Å²) in [5, 5.41) is 4.77. The van der Waals surface area contributed by atoms with Gasteiger partial charge in [0.1, 0.15) is 11.3 Å². The topological polar surface area (TPSA) is 114 Å². The van der Waals surface area contributed by atoms with E-state index in [4.69, 9.17) is 9.47 Å². The summed E-state index contributed by atoms with van der Waals surface area (Å²) >= 11 is 0. The summed E-state index contributed by atoms with van der Waals surface area (Å²) in [5.74, 6) is -0.855. The number of benzene rings is 2. The summed E-state index contributed by atoms with van der Waals surface area (Å²) in [4.78, 5) is 50.0. The van der Waals surface area contributed by atoms with Crippen LogP contribution in [-0.4, -0.2) is 48.1 Å². The summed E-state index contributed by atoms with van der Waals surface area (Å²) in [6.45, 7) is 1.47. The smallest absolute Gasteiger partial charge is 0.344 e. The first-order chi connectivity index (χ1) is 15.3. The van der Waals surface area contributed by atoms with E-state index in [1.807, 2.05) is 12.1 Å². The van der Waals surface area contributed by atoms with Crippen molar-refractivity contribution in [2.75, 3.05) is 13.7 Å². The Morgan fingerprint density at radius 3 is 2.50 bits per heavy atom. The molecule has 9 nitrogen and oxygen atoms in total. The molecule has 1 saturated carbocycles. The number of nitrogens with one attached hydrogen (secondary N) is 2. The van der Waals surface area contributed by atoms with Gasteiger partial charge >= 0.3 is 12.0 Å². The maximum Gasteiger partial charge on any atom is 0.344 e. The van der Waals surface area contributed by atoms with Crippen LogP contribution in [-0.2, 0) is 14.3 Å². The molecular weight excluding hydrogens is 414 g/mol. The third-order valence-electron chi connectivity index (χ3n) is 6.18. The molecule has 1 heterocycles. The number of hydrazine groups is 1. The van der Waals surface area contributed by atoms with Crippen LogP contribution in [0.25, 0.3) is 10.8 Å². The Labute approximate surface area is 185 Å². The van der Waals surface area contributed by atoms with Gasteiger partial charge in [-0.25, -0.2) is 9.59 Å². The lowest BCUT2D eigenvalue weighted by molar-refractivity contribution is -0.141.